The molecule has 0 spiro atoms. The summed E-state index contributed by atoms with van der Waals surface area (Å²) in [6.07, 6.45) is -2.10. The standard InChI is InChI=1S/C11H15ClO4S/c1-15-8-4-3-6(9(12)11(8)16-2)10(14)7(13)5-17/h3-4,7,10,13-14,17H,5H2,1-2H3. The lowest BCUT2D eigenvalue weighted by atomic mass is 10.0. The Morgan fingerprint density at radius 3 is 2.41 bits per heavy atom. The van der Waals surface area contributed by atoms with Gasteiger partial charge in [-0.2, -0.15) is 12.6 Å². The Morgan fingerprint density at radius 2 is 1.94 bits per heavy atom. The average Bonchev–Trinajstić information content (AvgIpc) is 2.36. The lowest BCUT2D eigenvalue weighted by molar-refractivity contribution is 0.0337. The number of hydrogen-bond donors (Lipinski definition) is 3. The molecule has 4 nitrogen and oxygen atoms in total. The molecule has 1 rings (SSSR count). The third-order valence-electron chi connectivity index (χ3n) is 2.39. The monoisotopic (exact) mass is 278 g/mol. The first-order valence-electron chi connectivity index (χ1n) is 4.94. The van der Waals surface area contributed by atoms with Crippen LogP contribution in [0, 0.1) is 0 Å². The van der Waals surface area contributed by atoms with Gasteiger partial charge in [-0.15, -0.1) is 0 Å². The van der Waals surface area contributed by atoms with Crippen LogP contribution in [0.2, 0.25) is 5.02 Å². The second kappa shape index (κ2) is 6.35. The van der Waals surface area contributed by atoms with Crippen LogP contribution < -0.4 is 9.47 Å². The quantitative estimate of drug-likeness (QED) is 0.718. The molecule has 2 unspecified atom stereocenters. The molecule has 0 heterocycles. The van der Waals surface area contributed by atoms with E-state index in [0.29, 0.717) is 17.1 Å². The first-order chi connectivity index (χ1) is 8.06. The lowest BCUT2D eigenvalue weighted by Crippen LogP contribution is -2.20. The van der Waals surface area contributed by atoms with Crippen LogP contribution >= 0.6 is 24.2 Å². The van der Waals surface area contributed by atoms with Crippen molar-refractivity contribution >= 4 is 24.2 Å². The van der Waals surface area contributed by atoms with E-state index in [2.05, 4.69) is 12.6 Å². The molecule has 17 heavy (non-hydrogen) atoms. The van der Waals surface area contributed by atoms with Gasteiger partial charge in [0.05, 0.1) is 25.3 Å². The second-order valence-electron chi connectivity index (χ2n) is 3.40. The molecule has 0 amide bonds. The number of hydrogen-bond acceptors (Lipinski definition) is 5. The fourth-order valence-electron chi connectivity index (χ4n) is 1.44. The van der Waals surface area contributed by atoms with Crippen molar-refractivity contribution in [2.45, 2.75) is 12.2 Å². The van der Waals surface area contributed by atoms with Crippen molar-refractivity contribution in [3.05, 3.63) is 22.7 Å². The number of halogens is 1. The number of aliphatic hydroxyl groups excluding tert-OH is 2. The van der Waals surface area contributed by atoms with E-state index in [-0.39, 0.29) is 10.8 Å². The molecule has 2 N–H and O–H groups in total. The van der Waals surface area contributed by atoms with E-state index in [0.717, 1.165) is 0 Å². The Kier molecular flexibility index (Phi) is 5.39. The predicted molar refractivity (Wildman–Crippen MR) is 69.4 cm³/mol. The van der Waals surface area contributed by atoms with Gasteiger partial charge in [-0.1, -0.05) is 17.7 Å². The van der Waals surface area contributed by atoms with Gasteiger partial charge < -0.3 is 19.7 Å². The summed E-state index contributed by atoms with van der Waals surface area (Å²) in [5, 5.41) is 19.6. The molecule has 0 radical (unpaired) electrons. The first-order valence-corrected chi connectivity index (χ1v) is 5.95. The molecule has 0 aliphatic heterocycles. The number of rotatable bonds is 5. The molecule has 1 aromatic carbocycles. The Bertz CT molecular complexity index is 386. The fourth-order valence-corrected chi connectivity index (χ4v) is 1.98. The molecule has 0 aromatic heterocycles. The summed E-state index contributed by atoms with van der Waals surface area (Å²) in [5.74, 6) is 0.928. The van der Waals surface area contributed by atoms with Gasteiger partial charge in [0.1, 0.15) is 6.10 Å². The van der Waals surface area contributed by atoms with E-state index in [4.69, 9.17) is 21.1 Å². The highest BCUT2D eigenvalue weighted by Crippen LogP contribution is 2.40. The van der Waals surface area contributed by atoms with Crippen LogP contribution in [0.4, 0.5) is 0 Å². The number of ether oxygens (including phenoxy) is 2. The van der Waals surface area contributed by atoms with Crippen molar-refractivity contribution in [3.8, 4) is 11.5 Å². The molecule has 0 aliphatic carbocycles. The highest BCUT2D eigenvalue weighted by molar-refractivity contribution is 7.80. The summed E-state index contributed by atoms with van der Waals surface area (Å²) in [7, 11) is 2.95. The van der Waals surface area contributed by atoms with Gasteiger partial charge in [0.2, 0.25) is 0 Å². The van der Waals surface area contributed by atoms with E-state index < -0.39 is 12.2 Å². The van der Waals surface area contributed by atoms with Crippen LogP contribution in [0.3, 0.4) is 0 Å². The molecule has 0 saturated carbocycles. The van der Waals surface area contributed by atoms with Gasteiger partial charge >= 0.3 is 0 Å². The highest BCUT2D eigenvalue weighted by Gasteiger charge is 2.23. The van der Waals surface area contributed by atoms with Gasteiger partial charge in [0.25, 0.3) is 0 Å². The maximum Gasteiger partial charge on any atom is 0.179 e. The average molecular weight is 279 g/mol. The number of benzene rings is 1. The maximum atomic E-state index is 9.87. The number of methoxy groups -OCH3 is 2. The van der Waals surface area contributed by atoms with E-state index in [1.165, 1.54) is 14.2 Å². The summed E-state index contributed by atoms with van der Waals surface area (Å²) >= 11 is 10.0. The third-order valence-corrected chi connectivity index (χ3v) is 3.15. The molecular formula is C11H15ClO4S. The SMILES string of the molecule is COc1ccc(C(O)C(O)CS)c(Cl)c1OC. The van der Waals surface area contributed by atoms with Crippen LogP contribution in [0.1, 0.15) is 11.7 Å². The Hall–Kier alpha value is -0.620. The van der Waals surface area contributed by atoms with E-state index in [1.807, 2.05) is 0 Å². The smallest absolute Gasteiger partial charge is 0.179 e. The van der Waals surface area contributed by atoms with E-state index in [9.17, 15) is 10.2 Å². The molecule has 96 valence electrons. The van der Waals surface area contributed by atoms with Crippen molar-refractivity contribution in [3.63, 3.8) is 0 Å². The largest absolute Gasteiger partial charge is 0.493 e. The van der Waals surface area contributed by atoms with Crippen LogP contribution in [0.15, 0.2) is 12.1 Å². The van der Waals surface area contributed by atoms with E-state index >= 15 is 0 Å². The van der Waals surface area contributed by atoms with Crippen LogP contribution in [-0.2, 0) is 0 Å². The van der Waals surface area contributed by atoms with Crippen LogP contribution in [0.5, 0.6) is 11.5 Å². The first kappa shape index (κ1) is 14.4. The highest BCUT2D eigenvalue weighted by atomic mass is 35.5. The molecule has 2 atom stereocenters. The van der Waals surface area contributed by atoms with Crippen molar-refractivity contribution in [1.29, 1.82) is 0 Å². The van der Waals surface area contributed by atoms with Gasteiger partial charge in [-0.05, 0) is 6.07 Å². The number of thiol groups is 1. The van der Waals surface area contributed by atoms with Gasteiger partial charge in [-0.25, -0.2) is 0 Å². The van der Waals surface area contributed by atoms with Crippen LogP contribution in [0.25, 0.3) is 0 Å². The minimum absolute atomic E-state index is 0.131. The minimum atomic E-state index is -1.11. The van der Waals surface area contributed by atoms with Gasteiger partial charge in [-0.3, -0.25) is 0 Å². The third kappa shape index (κ3) is 2.98. The molecule has 1 aromatic rings. The van der Waals surface area contributed by atoms with Crippen molar-refractivity contribution in [2.75, 3.05) is 20.0 Å². The zero-order valence-electron chi connectivity index (χ0n) is 9.55. The summed E-state index contributed by atoms with van der Waals surface area (Å²) in [6.45, 7) is 0. The van der Waals surface area contributed by atoms with Crippen molar-refractivity contribution in [1.82, 2.24) is 0 Å². The van der Waals surface area contributed by atoms with Crippen LogP contribution in [-0.4, -0.2) is 36.3 Å². The van der Waals surface area contributed by atoms with Gasteiger partial charge in [0, 0.05) is 11.3 Å². The molecule has 0 fully saturated rings. The molecule has 0 bridgehead atoms. The summed E-state index contributed by atoms with van der Waals surface area (Å²) in [6, 6.07) is 3.20. The normalized spacial score (nSPS) is 14.2. The summed E-state index contributed by atoms with van der Waals surface area (Å²) in [4.78, 5) is 0. The summed E-state index contributed by atoms with van der Waals surface area (Å²) < 4.78 is 10.2. The Morgan fingerprint density at radius 1 is 1.29 bits per heavy atom. The minimum Gasteiger partial charge on any atom is -0.493 e. The molecular weight excluding hydrogens is 264 g/mol. The lowest BCUT2D eigenvalue weighted by Gasteiger charge is -2.19. The predicted octanol–water partition coefficient (Wildman–Crippen LogP) is 1.68. The Labute approximate surface area is 111 Å². The van der Waals surface area contributed by atoms with Crippen molar-refractivity contribution in [2.24, 2.45) is 0 Å². The van der Waals surface area contributed by atoms with E-state index in [1.54, 1.807) is 12.1 Å². The van der Waals surface area contributed by atoms with Gasteiger partial charge in [0.15, 0.2) is 11.5 Å². The Balaban J connectivity index is 3.18. The maximum absolute atomic E-state index is 9.87. The topological polar surface area (TPSA) is 58.9 Å². The zero-order valence-corrected chi connectivity index (χ0v) is 11.2. The number of aliphatic hydroxyl groups is 2. The van der Waals surface area contributed by atoms with Crippen molar-refractivity contribution < 1.29 is 19.7 Å². The fraction of sp³-hybridized carbons (Fsp3) is 0.455. The summed E-state index contributed by atoms with van der Waals surface area (Å²) in [5.41, 5.74) is 0.380. The zero-order chi connectivity index (χ0) is 13.0. The second-order valence-corrected chi connectivity index (χ2v) is 4.14. The molecule has 0 saturated heterocycles. The molecule has 6 heteroatoms. The molecule has 0 aliphatic rings.